The summed E-state index contributed by atoms with van der Waals surface area (Å²) in [5, 5.41) is 6.16. The van der Waals surface area contributed by atoms with Crippen molar-refractivity contribution in [1.82, 2.24) is 10.6 Å². The number of methoxy groups -OCH3 is 1. The van der Waals surface area contributed by atoms with Gasteiger partial charge in [0.1, 0.15) is 11.5 Å². The molecule has 0 saturated carbocycles. The zero-order valence-corrected chi connectivity index (χ0v) is 12.2. The summed E-state index contributed by atoms with van der Waals surface area (Å²) in [7, 11) is 1.64. The molecule has 0 bridgehead atoms. The van der Waals surface area contributed by atoms with Crippen molar-refractivity contribution in [3.8, 4) is 11.5 Å². The van der Waals surface area contributed by atoms with E-state index < -0.39 is 0 Å². The maximum absolute atomic E-state index is 11.7. The minimum atomic E-state index is 0.0101. The van der Waals surface area contributed by atoms with Crippen LogP contribution in [-0.4, -0.2) is 32.2 Å². The zero-order chi connectivity index (χ0) is 14.5. The highest BCUT2D eigenvalue weighted by molar-refractivity contribution is 5.78. The Morgan fingerprint density at radius 3 is 3.00 bits per heavy atom. The second kappa shape index (κ2) is 6.61. The predicted molar refractivity (Wildman–Crippen MR) is 77.1 cm³/mol. The SMILES string of the molecule is COc1ccc2c(c1)C(NCC(=O)NC(C)C)CCO2. The fourth-order valence-electron chi connectivity index (χ4n) is 2.30. The molecule has 0 saturated heterocycles. The Kier molecular flexibility index (Phi) is 4.84. The highest BCUT2D eigenvalue weighted by Crippen LogP contribution is 2.34. The molecule has 0 spiro atoms. The monoisotopic (exact) mass is 278 g/mol. The Morgan fingerprint density at radius 1 is 1.50 bits per heavy atom. The van der Waals surface area contributed by atoms with Crippen molar-refractivity contribution in [2.75, 3.05) is 20.3 Å². The summed E-state index contributed by atoms with van der Waals surface area (Å²) < 4.78 is 10.9. The van der Waals surface area contributed by atoms with Gasteiger partial charge in [0.2, 0.25) is 5.91 Å². The van der Waals surface area contributed by atoms with Crippen LogP contribution in [-0.2, 0) is 4.79 Å². The molecule has 110 valence electrons. The molecule has 1 aromatic carbocycles. The number of amides is 1. The summed E-state index contributed by atoms with van der Waals surface area (Å²) in [6.07, 6.45) is 0.842. The van der Waals surface area contributed by atoms with E-state index in [9.17, 15) is 4.79 Å². The van der Waals surface area contributed by atoms with E-state index in [0.717, 1.165) is 23.5 Å². The van der Waals surface area contributed by atoms with Gasteiger partial charge in [0.05, 0.1) is 20.3 Å². The first kappa shape index (κ1) is 14.7. The molecule has 0 aliphatic carbocycles. The number of hydrogen-bond donors (Lipinski definition) is 2. The summed E-state index contributed by atoms with van der Waals surface area (Å²) in [6, 6.07) is 6.04. The van der Waals surface area contributed by atoms with Crippen molar-refractivity contribution in [1.29, 1.82) is 0 Å². The molecule has 1 aliphatic rings. The molecule has 1 unspecified atom stereocenters. The first-order chi connectivity index (χ1) is 9.60. The van der Waals surface area contributed by atoms with Crippen LogP contribution in [0.3, 0.4) is 0 Å². The van der Waals surface area contributed by atoms with Crippen LogP contribution >= 0.6 is 0 Å². The molecular weight excluding hydrogens is 256 g/mol. The first-order valence-electron chi connectivity index (χ1n) is 6.93. The Labute approximate surface area is 119 Å². The van der Waals surface area contributed by atoms with Crippen LogP contribution in [0.4, 0.5) is 0 Å². The Bertz CT molecular complexity index is 474. The normalized spacial score (nSPS) is 17.3. The lowest BCUT2D eigenvalue weighted by molar-refractivity contribution is -0.120. The molecular formula is C15H22N2O3. The average Bonchev–Trinajstić information content (AvgIpc) is 2.43. The van der Waals surface area contributed by atoms with Gasteiger partial charge >= 0.3 is 0 Å². The molecule has 0 fully saturated rings. The van der Waals surface area contributed by atoms with Crippen LogP contribution in [0, 0.1) is 0 Å². The number of ether oxygens (including phenoxy) is 2. The van der Waals surface area contributed by atoms with Crippen LogP contribution < -0.4 is 20.1 Å². The van der Waals surface area contributed by atoms with Gasteiger partial charge in [-0.3, -0.25) is 4.79 Å². The minimum Gasteiger partial charge on any atom is -0.497 e. The largest absolute Gasteiger partial charge is 0.497 e. The average molecular weight is 278 g/mol. The highest BCUT2D eigenvalue weighted by atomic mass is 16.5. The molecule has 2 rings (SSSR count). The van der Waals surface area contributed by atoms with Gasteiger partial charge in [0.15, 0.2) is 0 Å². The van der Waals surface area contributed by atoms with Gasteiger partial charge in [-0.05, 0) is 32.0 Å². The van der Waals surface area contributed by atoms with Gasteiger partial charge < -0.3 is 20.1 Å². The molecule has 20 heavy (non-hydrogen) atoms. The summed E-state index contributed by atoms with van der Waals surface area (Å²) in [5.74, 6) is 1.67. The van der Waals surface area contributed by atoms with Crippen molar-refractivity contribution in [2.24, 2.45) is 0 Å². The van der Waals surface area contributed by atoms with Gasteiger partial charge in [-0.15, -0.1) is 0 Å². The second-order valence-corrected chi connectivity index (χ2v) is 5.20. The standard InChI is InChI=1S/C15H22N2O3/c1-10(2)17-15(18)9-16-13-6-7-20-14-5-4-11(19-3)8-12(13)14/h4-5,8,10,13,16H,6-7,9H2,1-3H3,(H,17,18). The van der Waals surface area contributed by atoms with E-state index in [-0.39, 0.29) is 18.0 Å². The summed E-state index contributed by atoms with van der Waals surface area (Å²) in [5.41, 5.74) is 1.05. The van der Waals surface area contributed by atoms with Gasteiger partial charge in [0.25, 0.3) is 0 Å². The lowest BCUT2D eigenvalue weighted by atomic mass is 10.00. The van der Waals surface area contributed by atoms with Crippen molar-refractivity contribution < 1.29 is 14.3 Å². The molecule has 5 nitrogen and oxygen atoms in total. The highest BCUT2D eigenvalue weighted by Gasteiger charge is 2.22. The number of rotatable bonds is 5. The number of hydrogen-bond acceptors (Lipinski definition) is 4. The van der Waals surface area contributed by atoms with E-state index in [2.05, 4.69) is 10.6 Å². The van der Waals surface area contributed by atoms with Gasteiger partial charge in [-0.25, -0.2) is 0 Å². The maximum atomic E-state index is 11.7. The number of carbonyl (C=O) groups is 1. The number of carbonyl (C=O) groups excluding carboxylic acids is 1. The third-order valence-corrected chi connectivity index (χ3v) is 3.22. The fraction of sp³-hybridized carbons (Fsp3) is 0.533. The quantitative estimate of drug-likeness (QED) is 0.859. The van der Waals surface area contributed by atoms with Crippen molar-refractivity contribution in [3.05, 3.63) is 23.8 Å². The number of fused-ring (bicyclic) bond motifs is 1. The molecule has 2 N–H and O–H groups in total. The van der Waals surface area contributed by atoms with Gasteiger partial charge in [0, 0.05) is 24.1 Å². The zero-order valence-electron chi connectivity index (χ0n) is 12.2. The lowest BCUT2D eigenvalue weighted by Gasteiger charge is -2.27. The molecule has 1 heterocycles. The molecule has 1 aromatic rings. The molecule has 0 aromatic heterocycles. The second-order valence-electron chi connectivity index (χ2n) is 5.20. The van der Waals surface area contributed by atoms with Crippen molar-refractivity contribution in [2.45, 2.75) is 32.4 Å². The Morgan fingerprint density at radius 2 is 2.30 bits per heavy atom. The first-order valence-corrected chi connectivity index (χ1v) is 6.93. The van der Waals surface area contributed by atoms with E-state index in [4.69, 9.17) is 9.47 Å². The molecule has 1 aliphatic heterocycles. The Balaban J connectivity index is 2.02. The van der Waals surface area contributed by atoms with Gasteiger partial charge in [-0.1, -0.05) is 0 Å². The third-order valence-electron chi connectivity index (χ3n) is 3.22. The smallest absolute Gasteiger partial charge is 0.234 e. The summed E-state index contributed by atoms with van der Waals surface area (Å²) in [4.78, 5) is 11.7. The lowest BCUT2D eigenvalue weighted by Crippen LogP contribution is -2.39. The van der Waals surface area contributed by atoms with E-state index in [0.29, 0.717) is 13.2 Å². The fourth-order valence-corrected chi connectivity index (χ4v) is 2.30. The van der Waals surface area contributed by atoms with Crippen LogP contribution in [0.25, 0.3) is 0 Å². The van der Waals surface area contributed by atoms with E-state index in [1.807, 2.05) is 32.0 Å². The third kappa shape index (κ3) is 3.63. The van der Waals surface area contributed by atoms with Crippen LogP contribution in [0.5, 0.6) is 11.5 Å². The molecule has 0 radical (unpaired) electrons. The molecule has 5 heteroatoms. The predicted octanol–water partition coefficient (Wildman–Crippen LogP) is 1.63. The van der Waals surface area contributed by atoms with E-state index in [1.165, 1.54) is 0 Å². The van der Waals surface area contributed by atoms with Crippen LogP contribution in [0.1, 0.15) is 31.9 Å². The number of benzene rings is 1. The van der Waals surface area contributed by atoms with Crippen LogP contribution in [0.2, 0.25) is 0 Å². The topological polar surface area (TPSA) is 59.6 Å². The minimum absolute atomic E-state index is 0.0101. The summed E-state index contributed by atoms with van der Waals surface area (Å²) in [6.45, 7) is 4.86. The van der Waals surface area contributed by atoms with E-state index >= 15 is 0 Å². The molecule has 1 amide bonds. The van der Waals surface area contributed by atoms with Crippen molar-refractivity contribution in [3.63, 3.8) is 0 Å². The van der Waals surface area contributed by atoms with Crippen molar-refractivity contribution >= 4 is 5.91 Å². The van der Waals surface area contributed by atoms with Gasteiger partial charge in [-0.2, -0.15) is 0 Å². The Hall–Kier alpha value is -1.75. The van der Waals surface area contributed by atoms with Crippen LogP contribution in [0.15, 0.2) is 18.2 Å². The molecule has 1 atom stereocenters. The summed E-state index contributed by atoms with van der Waals surface area (Å²) >= 11 is 0. The maximum Gasteiger partial charge on any atom is 0.234 e. The van der Waals surface area contributed by atoms with E-state index in [1.54, 1.807) is 7.11 Å². The number of nitrogens with one attached hydrogen (secondary N) is 2.